The molecule has 1 aliphatic carbocycles. The number of carbonyl (C=O) groups is 2. The van der Waals surface area contributed by atoms with Crippen molar-refractivity contribution < 1.29 is 9.59 Å². The molecule has 5 rings (SSSR count). The molecule has 2 N–H and O–H groups in total. The number of fused-ring (bicyclic) bond motifs is 1. The van der Waals surface area contributed by atoms with Gasteiger partial charge in [-0.1, -0.05) is 18.2 Å². The molecule has 3 heterocycles. The van der Waals surface area contributed by atoms with Crippen LogP contribution in [0, 0.1) is 5.41 Å². The summed E-state index contributed by atoms with van der Waals surface area (Å²) in [6, 6.07) is 11.6. The molecule has 1 saturated carbocycles. The Bertz CT molecular complexity index is 935. The second kappa shape index (κ2) is 7.17. The number of hydrogen-bond donors (Lipinski definition) is 2. The van der Waals surface area contributed by atoms with Crippen LogP contribution in [0.3, 0.4) is 0 Å². The summed E-state index contributed by atoms with van der Waals surface area (Å²) in [5.41, 5.74) is 3.65. The summed E-state index contributed by atoms with van der Waals surface area (Å²) in [6.07, 6.45) is 6.66. The smallest absolute Gasteiger partial charge is 0.272 e. The van der Waals surface area contributed by atoms with E-state index >= 15 is 0 Å². The Morgan fingerprint density at radius 2 is 2.00 bits per heavy atom. The van der Waals surface area contributed by atoms with Gasteiger partial charge in [0.05, 0.1) is 11.3 Å². The van der Waals surface area contributed by atoms with E-state index in [4.69, 9.17) is 0 Å². The lowest BCUT2D eigenvalue weighted by atomic mass is 9.92. The fourth-order valence-electron chi connectivity index (χ4n) is 4.85. The van der Waals surface area contributed by atoms with Crippen molar-refractivity contribution in [3.05, 3.63) is 59.4 Å². The molecule has 6 heteroatoms. The summed E-state index contributed by atoms with van der Waals surface area (Å²) >= 11 is 0. The van der Waals surface area contributed by atoms with Crippen LogP contribution in [0.5, 0.6) is 0 Å². The normalized spacial score (nSPS) is 21.8. The van der Waals surface area contributed by atoms with E-state index in [0.717, 1.165) is 63.0 Å². The third-order valence-electron chi connectivity index (χ3n) is 6.75. The second-order valence-corrected chi connectivity index (χ2v) is 8.47. The molecule has 1 aromatic heterocycles. The van der Waals surface area contributed by atoms with Crippen LogP contribution in [0.1, 0.15) is 52.1 Å². The highest BCUT2D eigenvalue weighted by Gasteiger charge is 2.56. The van der Waals surface area contributed by atoms with Gasteiger partial charge in [0.15, 0.2) is 0 Å². The van der Waals surface area contributed by atoms with Gasteiger partial charge >= 0.3 is 0 Å². The average molecular weight is 390 g/mol. The number of rotatable bonds is 3. The number of amides is 2. The largest absolute Gasteiger partial charge is 0.384 e. The predicted octanol–water partition coefficient (Wildman–Crippen LogP) is 2.86. The molecule has 150 valence electrons. The number of anilines is 1. The minimum absolute atomic E-state index is 0.00340. The maximum absolute atomic E-state index is 12.9. The third kappa shape index (κ3) is 3.37. The minimum Gasteiger partial charge on any atom is -0.384 e. The number of hydrogen-bond acceptors (Lipinski definition) is 4. The fourth-order valence-corrected chi connectivity index (χ4v) is 4.85. The van der Waals surface area contributed by atoms with E-state index in [1.807, 2.05) is 29.2 Å². The van der Waals surface area contributed by atoms with Crippen molar-refractivity contribution in [1.29, 1.82) is 0 Å². The maximum Gasteiger partial charge on any atom is 0.272 e. The van der Waals surface area contributed by atoms with Gasteiger partial charge in [-0.25, -0.2) is 0 Å². The van der Waals surface area contributed by atoms with Crippen molar-refractivity contribution in [1.82, 2.24) is 15.2 Å². The highest BCUT2D eigenvalue weighted by atomic mass is 16.2. The second-order valence-electron chi connectivity index (χ2n) is 8.47. The van der Waals surface area contributed by atoms with Crippen LogP contribution in [-0.2, 0) is 6.42 Å². The lowest BCUT2D eigenvalue weighted by Gasteiger charge is -2.32. The topological polar surface area (TPSA) is 74.3 Å². The quantitative estimate of drug-likeness (QED) is 0.845. The van der Waals surface area contributed by atoms with Gasteiger partial charge in [0, 0.05) is 31.9 Å². The Kier molecular flexibility index (Phi) is 4.49. The highest BCUT2D eigenvalue weighted by molar-refractivity contribution is 6.01. The first-order chi connectivity index (χ1) is 14.2. The van der Waals surface area contributed by atoms with Gasteiger partial charge in [0.1, 0.15) is 5.69 Å². The number of para-hydroxylation sites is 1. The maximum atomic E-state index is 12.9. The standard InChI is InChI=1S/C23H26N4O2/c28-21(17-7-3-5-16-6-4-12-25-20(16)17)26-19-15-23(19)9-13-27(14-10-23)22(29)18-8-1-2-11-24-18/h1-3,5,7-8,11,19,25H,4,6,9-10,12-15H2,(H,26,28). The molecular weight excluding hydrogens is 364 g/mol. The zero-order valence-electron chi connectivity index (χ0n) is 16.5. The summed E-state index contributed by atoms with van der Waals surface area (Å²) in [6.45, 7) is 2.37. The molecule has 0 radical (unpaired) electrons. The molecule has 1 atom stereocenters. The molecule has 3 aliphatic rings. The Morgan fingerprint density at radius 3 is 2.79 bits per heavy atom. The molecule has 2 amide bonds. The van der Waals surface area contributed by atoms with Crippen LogP contribution in [0.15, 0.2) is 42.6 Å². The van der Waals surface area contributed by atoms with Crippen molar-refractivity contribution in [2.75, 3.05) is 25.0 Å². The Morgan fingerprint density at radius 1 is 1.14 bits per heavy atom. The number of nitrogens with one attached hydrogen (secondary N) is 2. The molecule has 2 fully saturated rings. The first-order valence-corrected chi connectivity index (χ1v) is 10.5. The van der Waals surface area contributed by atoms with Crippen LogP contribution in [-0.4, -0.2) is 47.4 Å². The number of benzene rings is 1. The van der Waals surface area contributed by atoms with E-state index < -0.39 is 0 Å². The van der Waals surface area contributed by atoms with Gasteiger partial charge < -0.3 is 15.5 Å². The van der Waals surface area contributed by atoms with E-state index in [2.05, 4.69) is 21.7 Å². The van der Waals surface area contributed by atoms with Crippen LogP contribution in [0.25, 0.3) is 0 Å². The Balaban J connectivity index is 1.20. The van der Waals surface area contributed by atoms with E-state index in [1.54, 1.807) is 12.3 Å². The number of likely N-dealkylation sites (tertiary alicyclic amines) is 1. The fraction of sp³-hybridized carbons (Fsp3) is 0.435. The van der Waals surface area contributed by atoms with Crippen molar-refractivity contribution in [2.24, 2.45) is 5.41 Å². The van der Waals surface area contributed by atoms with E-state index in [9.17, 15) is 9.59 Å². The molecule has 29 heavy (non-hydrogen) atoms. The number of nitrogens with zero attached hydrogens (tertiary/aromatic N) is 2. The molecule has 1 aromatic carbocycles. The van der Waals surface area contributed by atoms with Crippen molar-refractivity contribution in [3.63, 3.8) is 0 Å². The van der Waals surface area contributed by atoms with E-state index in [1.165, 1.54) is 5.56 Å². The van der Waals surface area contributed by atoms with E-state index in [0.29, 0.717) is 5.69 Å². The van der Waals surface area contributed by atoms with Gasteiger partial charge in [-0.3, -0.25) is 14.6 Å². The highest BCUT2D eigenvalue weighted by Crippen LogP contribution is 2.54. The zero-order valence-corrected chi connectivity index (χ0v) is 16.5. The molecule has 2 aromatic rings. The lowest BCUT2D eigenvalue weighted by Crippen LogP contribution is -2.42. The molecular formula is C23H26N4O2. The molecule has 1 unspecified atom stereocenters. The third-order valence-corrected chi connectivity index (χ3v) is 6.75. The summed E-state index contributed by atoms with van der Waals surface area (Å²) < 4.78 is 0. The summed E-state index contributed by atoms with van der Waals surface area (Å²) in [5.74, 6) is 0.0220. The van der Waals surface area contributed by atoms with Crippen molar-refractivity contribution in [2.45, 2.75) is 38.1 Å². The van der Waals surface area contributed by atoms with Crippen LogP contribution < -0.4 is 10.6 Å². The van der Waals surface area contributed by atoms with Gasteiger partial charge in [-0.05, 0) is 61.3 Å². The van der Waals surface area contributed by atoms with Gasteiger partial charge in [0.2, 0.25) is 0 Å². The van der Waals surface area contributed by atoms with Gasteiger partial charge in [-0.15, -0.1) is 0 Å². The molecule has 1 saturated heterocycles. The van der Waals surface area contributed by atoms with Crippen molar-refractivity contribution >= 4 is 17.5 Å². The minimum atomic E-state index is 0.00340. The monoisotopic (exact) mass is 390 g/mol. The SMILES string of the molecule is O=C(NC1CC12CCN(C(=O)c1ccccn1)CC2)c1cccc2c1NCCC2. The van der Waals surface area contributed by atoms with Gasteiger partial charge in [0.25, 0.3) is 11.8 Å². The number of aryl methyl sites for hydroxylation is 1. The van der Waals surface area contributed by atoms with Gasteiger partial charge in [-0.2, -0.15) is 0 Å². The van der Waals surface area contributed by atoms with Crippen LogP contribution >= 0.6 is 0 Å². The van der Waals surface area contributed by atoms with E-state index in [-0.39, 0.29) is 23.3 Å². The Labute approximate surface area is 170 Å². The summed E-state index contributed by atoms with van der Waals surface area (Å²) in [4.78, 5) is 31.6. The molecule has 0 bridgehead atoms. The first kappa shape index (κ1) is 18.2. The molecule has 2 aliphatic heterocycles. The predicted molar refractivity (Wildman–Crippen MR) is 111 cm³/mol. The molecule has 1 spiro atoms. The van der Waals surface area contributed by atoms with Crippen LogP contribution in [0.2, 0.25) is 0 Å². The lowest BCUT2D eigenvalue weighted by molar-refractivity contribution is 0.0662. The average Bonchev–Trinajstić information content (AvgIpc) is 3.44. The number of carbonyl (C=O) groups excluding carboxylic acids is 2. The molecule has 6 nitrogen and oxygen atoms in total. The number of pyridine rings is 1. The number of piperidine rings is 1. The van der Waals surface area contributed by atoms with Crippen LogP contribution in [0.4, 0.5) is 5.69 Å². The number of aromatic nitrogens is 1. The Hall–Kier alpha value is -2.89. The van der Waals surface area contributed by atoms with Crippen molar-refractivity contribution in [3.8, 4) is 0 Å². The zero-order chi connectivity index (χ0) is 19.8. The summed E-state index contributed by atoms with van der Waals surface area (Å²) in [7, 11) is 0. The summed E-state index contributed by atoms with van der Waals surface area (Å²) in [5, 5.41) is 6.66. The first-order valence-electron chi connectivity index (χ1n) is 10.5.